The summed E-state index contributed by atoms with van der Waals surface area (Å²) < 4.78 is 5.27. The SMILES string of the molecule is COC(=O)c1cc([N+](=O)[O-])cn(CC(=O)c2ccc(NC(=O)c3ccccc3)cc2)c1=O. The molecule has 1 heterocycles. The van der Waals surface area contributed by atoms with Gasteiger partial charge in [-0.25, -0.2) is 4.79 Å². The number of Topliss-reactive ketones (excluding diaryl/α,β-unsaturated/α-hetero) is 1. The fourth-order valence-corrected chi connectivity index (χ4v) is 2.87. The van der Waals surface area contributed by atoms with E-state index in [9.17, 15) is 29.3 Å². The van der Waals surface area contributed by atoms with Gasteiger partial charge in [0.05, 0.1) is 24.8 Å². The molecule has 0 fully saturated rings. The molecule has 0 aliphatic carbocycles. The van der Waals surface area contributed by atoms with Crippen molar-refractivity contribution in [2.45, 2.75) is 6.54 Å². The van der Waals surface area contributed by atoms with Gasteiger partial charge in [-0.1, -0.05) is 18.2 Å². The lowest BCUT2D eigenvalue weighted by atomic mass is 10.1. The summed E-state index contributed by atoms with van der Waals surface area (Å²) in [5.41, 5.74) is -0.830. The second-order valence-electron chi connectivity index (χ2n) is 6.61. The molecule has 0 unspecified atom stereocenters. The van der Waals surface area contributed by atoms with E-state index in [-0.39, 0.29) is 11.5 Å². The van der Waals surface area contributed by atoms with Crippen LogP contribution in [0.4, 0.5) is 11.4 Å². The highest BCUT2D eigenvalue weighted by molar-refractivity contribution is 6.04. The van der Waals surface area contributed by atoms with E-state index in [1.807, 2.05) is 0 Å². The number of carbonyl (C=O) groups is 3. The maximum absolute atomic E-state index is 12.6. The molecule has 1 N–H and O–H groups in total. The normalized spacial score (nSPS) is 10.3. The lowest BCUT2D eigenvalue weighted by molar-refractivity contribution is -0.385. The van der Waals surface area contributed by atoms with Crippen LogP contribution in [-0.4, -0.2) is 34.3 Å². The van der Waals surface area contributed by atoms with E-state index in [0.29, 0.717) is 11.3 Å². The van der Waals surface area contributed by atoms with E-state index < -0.39 is 40.0 Å². The zero-order chi connectivity index (χ0) is 23.3. The van der Waals surface area contributed by atoms with E-state index in [1.165, 1.54) is 24.3 Å². The fraction of sp³-hybridized carbons (Fsp3) is 0.0909. The number of nitrogens with one attached hydrogen (secondary N) is 1. The van der Waals surface area contributed by atoms with Crippen molar-refractivity contribution in [1.29, 1.82) is 0 Å². The number of anilines is 1. The van der Waals surface area contributed by atoms with Crippen molar-refractivity contribution in [3.05, 3.63) is 104 Å². The Bertz CT molecular complexity index is 1250. The van der Waals surface area contributed by atoms with Crippen LogP contribution in [0, 0.1) is 10.1 Å². The summed E-state index contributed by atoms with van der Waals surface area (Å²) in [6.45, 7) is -0.528. The van der Waals surface area contributed by atoms with Crippen molar-refractivity contribution in [2.75, 3.05) is 12.4 Å². The van der Waals surface area contributed by atoms with E-state index in [4.69, 9.17) is 0 Å². The third-order valence-corrected chi connectivity index (χ3v) is 4.50. The van der Waals surface area contributed by atoms with Crippen LogP contribution in [0.5, 0.6) is 0 Å². The van der Waals surface area contributed by atoms with Crippen molar-refractivity contribution < 1.29 is 24.0 Å². The summed E-state index contributed by atoms with van der Waals surface area (Å²) >= 11 is 0. The van der Waals surface area contributed by atoms with Crippen molar-refractivity contribution in [1.82, 2.24) is 4.57 Å². The molecule has 162 valence electrons. The number of benzene rings is 2. The van der Waals surface area contributed by atoms with Crippen LogP contribution < -0.4 is 10.9 Å². The maximum Gasteiger partial charge on any atom is 0.343 e. The quantitative estimate of drug-likeness (QED) is 0.261. The van der Waals surface area contributed by atoms with Crippen LogP contribution in [0.25, 0.3) is 0 Å². The standard InChI is InChI=1S/C22H17N3O7/c1-32-22(29)18-11-17(25(30)31)12-24(21(18)28)13-19(26)14-7-9-16(10-8-14)23-20(27)15-5-3-2-4-6-15/h2-12H,13H2,1H3,(H,23,27). The first kappa shape index (κ1) is 22.1. The Hall–Kier alpha value is -4.60. The van der Waals surface area contributed by atoms with E-state index in [0.717, 1.165) is 23.9 Å². The van der Waals surface area contributed by atoms with Gasteiger partial charge in [-0.3, -0.25) is 24.5 Å². The maximum atomic E-state index is 12.6. The molecule has 2 aromatic carbocycles. The van der Waals surface area contributed by atoms with Gasteiger partial charge in [0.2, 0.25) is 0 Å². The summed E-state index contributed by atoms with van der Waals surface area (Å²) in [4.78, 5) is 59.4. The van der Waals surface area contributed by atoms with Gasteiger partial charge in [0, 0.05) is 22.9 Å². The van der Waals surface area contributed by atoms with E-state index >= 15 is 0 Å². The minimum absolute atomic E-state index is 0.209. The monoisotopic (exact) mass is 435 g/mol. The van der Waals surface area contributed by atoms with Crippen LogP contribution in [0.1, 0.15) is 31.1 Å². The minimum Gasteiger partial charge on any atom is -0.465 e. The Kier molecular flexibility index (Phi) is 6.54. The van der Waals surface area contributed by atoms with Crippen molar-refractivity contribution >= 4 is 29.0 Å². The second-order valence-corrected chi connectivity index (χ2v) is 6.61. The number of hydrogen-bond donors (Lipinski definition) is 1. The Morgan fingerprint density at radius 2 is 1.69 bits per heavy atom. The summed E-state index contributed by atoms with van der Waals surface area (Å²) in [7, 11) is 1.04. The van der Waals surface area contributed by atoms with Crippen molar-refractivity contribution in [3.63, 3.8) is 0 Å². The average Bonchev–Trinajstić information content (AvgIpc) is 2.80. The first-order valence-corrected chi connectivity index (χ1v) is 9.27. The summed E-state index contributed by atoms with van der Waals surface area (Å²) in [6.07, 6.45) is 0.890. The highest BCUT2D eigenvalue weighted by atomic mass is 16.6. The molecule has 1 aromatic heterocycles. The van der Waals surface area contributed by atoms with Crippen molar-refractivity contribution in [3.8, 4) is 0 Å². The molecule has 32 heavy (non-hydrogen) atoms. The molecule has 0 bridgehead atoms. The number of amides is 1. The molecule has 10 heteroatoms. The molecule has 0 saturated heterocycles. The predicted molar refractivity (Wildman–Crippen MR) is 114 cm³/mol. The highest BCUT2D eigenvalue weighted by Crippen LogP contribution is 2.14. The van der Waals surface area contributed by atoms with Gasteiger partial charge in [0.1, 0.15) is 5.56 Å². The highest BCUT2D eigenvalue weighted by Gasteiger charge is 2.21. The fourth-order valence-electron chi connectivity index (χ4n) is 2.87. The summed E-state index contributed by atoms with van der Waals surface area (Å²) in [5.74, 6) is -1.88. The van der Waals surface area contributed by atoms with Gasteiger partial charge < -0.3 is 14.6 Å². The van der Waals surface area contributed by atoms with Gasteiger partial charge >= 0.3 is 5.97 Å². The number of nitrogens with zero attached hydrogens (tertiary/aromatic N) is 2. The van der Waals surface area contributed by atoms with Gasteiger partial charge in [-0.2, -0.15) is 0 Å². The molecule has 0 aliphatic heterocycles. The van der Waals surface area contributed by atoms with E-state index in [2.05, 4.69) is 10.1 Å². The number of esters is 1. The third kappa shape index (κ3) is 4.93. The number of rotatable bonds is 7. The largest absolute Gasteiger partial charge is 0.465 e. The number of methoxy groups -OCH3 is 1. The lowest BCUT2D eigenvalue weighted by Crippen LogP contribution is -2.29. The Balaban J connectivity index is 1.79. The molecule has 0 aliphatic rings. The summed E-state index contributed by atoms with van der Waals surface area (Å²) in [5, 5.41) is 13.8. The third-order valence-electron chi connectivity index (χ3n) is 4.50. The Morgan fingerprint density at radius 1 is 1.03 bits per heavy atom. The first-order chi connectivity index (χ1) is 15.3. The number of ether oxygens (including phenoxy) is 1. The molecule has 0 spiro atoms. The van der Waals surface area contributed by atoms with Gasteiger partial charge in [-0.15, -0.1) is 0 Å². The molecule has 3 aromatic rings. The molecular formula is C22H17N3O7. The molecule has 0 saturated carbocycles. The number of pyridine rings is 1. The van der Waals surface area contributed by atoms with Gasteiger partial charge in [0.15, 0.2) is 5.78 Å². The van der Waals surface area contributed by atoms with Crippen LogP contribution in [0.2, 0.25) is 0 Å². The van der Waals surface area contributed by atoms with Crippen LogP contribution in [-0.2, 0) is 11.3 Å². The topological polar surface area (TPSA) is 138 Å². The number of aromatic nitrogens is 1. The molecular weight excluding hydrogens is 418 g/mol. The molecule has 3 rings (SSSR count). The zero-order valence-electron chi connectivity index (χ0n) is 16.8. The second kappa shape index (κ2) is 9.47. The molecule has 0 radical (unpaired) electrons. The van der Waals surface area contributed by atoms with Crippen LogP contribution >= 0.6 is 0 Å². The first-order valence-electron chi connectivity index (χ1n) is 9.27. The zero-order valence-corrected chi connectivity index (χ0v) is 16.8. The number of hydrogen-bond acceptors (Lipinski definition) is 7. The average molecular weight is 435 g/mol. The molecule has 0 atom stereocenters. The molecule has 10 nitrogen and oxygen atoms in total. The smallest absolute Gasteiger partial charge is 0.343 e. The Morgan fingerprint density at radius 3 is 2.28 bits per heavy atom. The Labute approximate surface area is 181 Å². The van der Waals surface area contributed by atoms with Gasteiger partial charge in [-0.05, 0) is 36.4 Å². The number of ketones is 1. The number of nitro groups is 1. The minimum atomic E-state index is -1.04. The number of carbonyl (C=O) groups excluding carboxylic acids is 3. The predicted octanol–water partition coefficient (Wildman–Crippen LogP) is 2.68. The lowest BCUT2D eigenvalue weighted by Gasteiger charge is -2.09. The van der Waals surface area contributed by atoms with E-state index in [1.54, 1.807) is 30.3 Å². The molecule has 1 amide bonds. The van der Waals surface area contributed by atoms with Gasteiger partial charge in [0.25, 0.3) is 17.2 Å². The van der Waals surface area contributed by atoms with Crippen molar-refractivity contribution in [2.24, 2.45) is 0 Å². The van der Waals surface area contributed by atoms with Crippen LogP contribution in [0.15, 0.2) is 71.7 Å². The summed E-state index contributed by atoms with van der Waals surface area (Å²) in [6, 6.07) is 15.3. The van der Waals surface area contributed by atoms with Crippen LogP contribution in [0.3, 0.4) is 0 Å².